The normalized spacial score (nSPS) is 11.9. The number of hydrogen-bond acceptors (Lipinski definition) is 3. The molecular formula is C11H17N3. The minimum atomic E-state index is 0.425. The highest BCUT2D eigenvalue weighted by molar-refractivity contribution is 6.05. The number of anilines is 1. The Kier molecular flexibility index (Phi) is 3.63. The fourth-order valence-corrected chi connectivity index (χ4v) is 1.51. The molecule has 0 saturated heterocycles. The topological polar surface area (TPSA) is 37.3 Å². The molecule has 0 aromatic carbocycles. The van der Waals surface area contributed by atoms with E-state index in [2.05, 4.69) is 29.1 Å². The predicted molar refractivity (Wildman–Crippen MR) is 61.1 cm³/mol. The van der Waals surface area contributed by atoms with Gasteiger partial charge in [-0.25, -0.2) is 0 Å². The van der Waals surface area contributed by atoms with Crippen molar-refractivity contribution in [3.05, 3.63) is 24.0 Å². The molecule has 1 heterocycles. The third-order valence-corrected chi connectivity index (χ3v) is 2.15. The van der Waals surface area contributed by atoms with E-state index >= 15 is 0 Å². The SMILES string of the molecule is CN=C(c1ccncc1NC)C(C)C. The number of aromatic nitrogens is 1. The van der Waals surface area contributed by atoms with Crippen molar-refractivity contribution in [2.24, 2.45) is 10.9 Å². The molecule has 14 heavy (non-hydrogen) atoms. The van der Waals surface area contributed by atoms with Gasteiger partial charge in [-0.2, -0.15) is 0 Å². The number of rotatable bonds is 3. The van der Waals surface area contributed by atoms with Gasteiger partial charge in [0.15, 0.2) is 0 Å². The zero-order valence-corrected chi connectivity index (χ0v) is 9.20. The molecule has 0 spiro atoms. The number of nitrogens with zero attached hydrogens (tertiary/aromatic N) is 2. The molecule has 0 saturated carbocycles. The molecule has 0 aliphatic heterocycles. The number of pyridine rings is 1. The van der Waals surface area contributed by atoms with Crippen LogP contribution in [-0.2, 0) is 0 Å². The van der Waals surface area contributed by atoms with Crippen LogP contribution in [0.3, 0.4) is 0 Å². The zero-order chi connectivity index (χ0) is 10.6. The van der Waals surface area contributed by atoms with Gasteiger partial charge >= 0.3 is 0 Å². The number of hydrogen-bond donors (Lipinski definition) is 1. The first-order valence-electron chi connectivity index (χ1n) is 4.79. The third-order valence-electron chi connectivity index (χ3n) is 2.15. The standard InChI is InChI=1S/C11H17N3/c1-8(2)11(13-4)9-5-6-14-7-10(9)12-3/h5-8,12H,1-4H3. The summed E-state index contributed by atoms with van der Waals surface area (Å²) in [6.45, 7) is 4.28. The van der Waals surface area contributed by atoms with Crippen LogP contribution in [0.25, 0.3) is 0 Å². The average molecular weight is 191 g/mol. The maximum atomic E-state index is 4.32. The lowest BCUT2D eigenvalue weighted by Gasteiger charge is -2.13. The van der Waals surface area contributed by atoms with Gasteiger partial charge in [0.2, 0.25) is 0 Å². The Morgan fingerprint density at radius 1 is 1.50 bits per heavy atom. The number of aliphatic imine (C=N–C) groups is 1. The van der Waals surface area contributed by atoms with Crippen molar-refractivity contribution in [2.75, 3.05) is 19.4 Å². The van der Waals surface area contributed by atoms with E-state index < -0.39 is 0 Å². The van der Waals surface area contributed by atoms with Crippen LogP contribution in [0.1, 0.15) is 19.4 Å². The Labute approximate surface area is 85.3 Å². The Morgan fingerprint density at radius 2 is 2.21 bits per heavy atom. The minimum Gasteiger partial charge on any atom is -0.386 e. The molecule has 1 N–H and O–H groups in total. The highest BCUT2D eigenvalue weighted by atomic mass is 14.9. The van der Waals surface area contributed by atoms with E-state index in [-0.39, 0.29) is 0 Å². The van der Waals surface area contributed by atoms with Crippen molar-refractivity contribution in [2.45, 2.75) is 13.8 Å². The highest BCUT2D eigenvalue weighted by Crippen LogP contribution is 2.17. The summed E-state index contributed by atoms with van der Waals surface area (Å²) < 4.78 is 0. The van der Waals surface area contributed by atoms with Crippen LogP contribution in [0.4, 0.5) is 5.69 Å². The second-order valence-electron chi connectivity index (χ2n) is 3.43. The molecule has 0 atom stereocenters. The molecule has 3 nitrogen and oxygen atoms in total. The summed E-state index contributed by atoms with van der Waals surface area (Å²) >= 11 is 0. The molecule has 0 aliphatic carbocycles. The van der Waals surface area contributed by atoms with Crippen molar-refractivity contribution in [1.29, 1.82) is 0 Å². The van der Waals surface area contributed by atoms with E-state index in [9.17, 15) is 0 Å². The molecule has 0 radical (unpaired) electrons. The second kappa shape index (κ2) is 4.74. The minimum absolute atomic E-state index is 0.425. The van der Waals surface area contributed by atoms with E-state index in [0.29, 0.717) is 5.92 Å². The van der Waals surface area contributed by atoms with Crippen LogP contribution in [0.2, 0.25) is 0 Å². The van der Waals surface area contributed by atoms with Crippen LogP contribution < -0.4 is 5.32 Å². The summed E-state index contributed by atoms with van der Waals surface area (Å²) in [7, 11) is 3.73. The van der Waals surface area contributed by atoms with Gasteiger partial charge in [0.25, 0.3) is 0 Å². The summed E-state index contributed by atoms with van der Waals surface area (Å²) in [5.74, 6) is 0.425. The molecular weight excluding hydrogens is 174 g/mol. The van der Waals surface area contributed by atoms with Gasteiger partial charge in [-0.1, -0.05) is 13.8 Å². The van der Waals surface area contributed by atoms with Gasteiger partial charge in [-0.3, -0.25) is 9.98 Å². The molecule has 0 amide bonds. The van der Waals surface area contributed by atoms with Crippen molar-refractivity contribution in [1.82, 2.24) is 4.98 Å². The summed E-state index contributed by atoms with van der Waals surface area (Å²) in [6.07, 6.45) is 3.62. The van der Waals surface area contributed by atoms with Crippen molar-refractivity contribution >= 4 is 11.4 Å². The largest absolute Gasteiger partial charge is 0.386 e. The van der Waals surface area contributed by atoms with Crippen LogP contribution >= 0.6 is 0 Å². The van der Waals surface area contributed by atoms with Gasteiger partial charge in [-0.05, 0) is 12.0 Å². The smallest absolute Gasteiger partial charge is 0.0616 e. The molecule has 0 fully saturated rings. The monoisotopic (exact) mass is 191 g/mol. The van der Waals surface area contributed by atoms with Crippen LogP contribution in [0.5, 0.6) is 0 Å². The molecule has 0 unspecified atom stereocenters. The summed E-state index contributed by atoms with van der Waals surface area (Å²) in [5, 5.41) is 3.12. The first-order valence-corrected chi connectivity index (χ1v) is 4.79. The third kappa shape index (κ3) is 2.10. The molecule has 0 bridgehead atoms. The molecule has 3 heteroatoms. The lowest BCUT2D eigenvalue weighted by atomic mass is 9.99. The number of nitrogens with one attached hydrogen (secondary N) is 1. The van der Waals surface area contributed by atoms with E-state index in [0.717, 1.165) is 17.0 Å². The fourth-order valence-electron chi connectivity index (χ4n) is 1.51. The quantitative estimate of drug-likeness (QED) is 0.744. The maximum Gasteiger partial charge on any atom is 0.0616 e. The van der Waals surface area contributed by atoms with Gasteiger partial charge in [-0.15, -0.1) is 0 Å². The first-order chi connectivity index (χ1) is 6.70. The van der Waals surface area contributed by atoms with Crippen molar-refractivity contribution < 1.29 is 0 Å². The Bertz CT molecular complexity index is 329. The summed E-state index contributed by atoms with van der Waals surface area (Å²) in [4.78, 5) is 8.39. The molecule has 0 aliphatic rings. The lowest BCUT2D eigenvalue weighted by Crippen LogP contribution is -2.11. The average Bonchev–Trinajstić information content (AvgIpc) is 2.19. The molecule has 1 aromatic heterocycles. The van der Waals surface area contributed by atoms with Crippen molar-refractivity contribution in [3.63, 3.8) is 0 Å². The van der Waals surface area contributed by atoms with Crippen molar-refractivity contribution in [3.8, 4) is 0 Å². The Hall–Kier alpha value is -1.38. The first kappa shape index (κ1) is 10.7. The van der Waals surface area contributed by atoms with Gasteiger partial charge in [0.1, 0.15) is 0 Å². The second-order valence-corrected chi connectivity index (χ2v) is 3.43. The Balaban J connectivity index is 3.16. The summed E-state index contributed by atoms with van der Waals surface area (Å²) in [5.41, 5.74) is 3.28. The highest BCUT2D eigenvalue weighted by Gasteiger charge is 2.10. The van der Waals surface area contributed by atoms with Gasteiger partial charge in [0, 0.05) is 31.6 Å². The molecule has 76 valence electrons. The lowest BCUT2D eigenvalue weighted by molar-refractivity contribution is 0.881. The van der Waals surface area contributed by atoms with E-state index in [1.165, 1.54) is 0 Å². The predicted octanol–water partition coefficient (Wildman–Crippen LogP) is 2.20. The van der Waals surface area contributed by atoms with Crippen LogP contribution in [0.15, 0.2) is 23.5 Å². The maximum absolute atomic E-state index is 4.32. The van der Waals surface area contributed by atoms with E-state index in [1.54, 1.807) is 6.20 Å². The molecule has 1 aromatic rings. The Morgan fingerprint density at radius 3 is 2.71 bits per heavy atom. The summed E-state index contributed by atoms with van der Waals surface area (Å²) in [6, 6.07) is 1.99. The van der Waals surface area contributed by atoms with Gasteiger partial charge in [0.05, 0.1) is 11.9 Å². The van der Waals surface area contributed by atoms with Crippen LogP contribution in [0, 0.1) is 5.92 Å². The fraction of sp³-hybridized carbons (Fsp3) is 0.455. The van der Waals surface area contributed by atoms with E-state index in [4.69, 9.17) is 0 Å². The molecule has 1 rings (SSSR count). The van der Waals surface area contributed by atoms with E-state index in [1.807, 2.05) is 26.4 Å². The van der Waals surface area contributed by atoms with Crippen LogP contribution in [-0.4, -0.2) is 24.8 Å². The zero-order valence-electron chi connectivity index (χ0n) is 9.20. The van der Waals surface area contributed by atoms with Gasteiger partial charge < -0.3 is 5.32 Å².